The van der Waals surface area contributed by atoms with Crippen LogP contribution in [-0.2, 0) is 16.6 Å². The van der Waals surface area contributed by atoms with Crippen molar-refractivity contribution in [2.45, 2.75) is 18.1 Å². The van der Waals surface area contributed by atoms with Gasteiger partial charge in [-0.05, 0) is 6.92 Å². The lowest BCUT2D eigenvalue weighted by Gasteiger charge is -2.08. The maximum absolute atomic E-state index is 11.2. The molecule has 0 saturated carbocycles. The summed E-state index contributed by atoms with van der Waals surface area (Å²) in [5, 5.41) is 3.83. The third-order valence-corrected chi connectivity index (χ3v) is 3.90. The van der Waals surface area contributed by atoms with Gasteiger partial charge < -0.3 is 0 Å². The second-order valence-corrected chi connectivity index (χ2v) is 5.91. The van der Waals surface area contributed by atoms with Gasteiger partial charge in [0, 0.05) is 6.54 Å². The number of sulfonamides is 1. The third kappa shape index (κ3) is 3.28. The molecule has 0 radical (unpaired) electrons. The van der Waals surface area contributed by atoms with Gasteiger partial charge in [-0.15, -0.1) is 0 Å². The molecule has 1 aromatic rings. The standard InChI is InChI=1S/C6H12N4O2S2/c1-6(13)14(11,12)9-2-3-10-5-7-4-8-10/h4-6,9,13H,2-3H2,1H3. The van der Waals surface area contributed by atoms with Gasteiger partial charge in [-0.25, -0.2) is 18.1 Å². The molecule has 0 bridgehead atoms. The van der Waals surface area contributed by atoms with Crippen LogP contribution in [-0.4, -0.2) is 34.3 Å². The average molecular weight is 236 g/mol. The van der Waals surface area contributed by atoms with Gasteiger partial charge in [-0.1, -0.05) is 0 Å². The highest BCUT2D eigenvalue weighted by Gasteiger charge is 2.15. The van der Waals surface area contributed by atoms with Crippen LogP contribution < -0.4 is 4.72 Å². The minimum absolute atomic E-state index is 0.288. The summed E-state index contributed by atoms with van der Waals surface area (Å²) >= 11 is 3.84. The lowest BCUT2D eigenvalue weighted by molar-refractivity contribution is 0.559. The second kappa shape index (κ2) is 4.76. The topological polar surface area (TPSA) is 76.9 Å². The van der Waals surface area contributed by atoms with Gasteiger partial charge in [-0.3, -0.25) is 4.68 Å². The highest BCUT2D eigenvalue weighted by atomic mass is 32.3. The average Bonchev–Trinajstić information content (AvgIpc) is 2.56. The molecule has 8 heteroatoms. The first-order chi connectivity index (χ1) is 6.52. The van der Waals surface area contributed by atoms with E-state index in [0.717, 1.165) is 0 Å². The van der Waals surface area contributed by atoms with E-state index in [9.17, 15) is 8.42 Å². The molecule has 0 amide bonds. The van der Waals surface area contributed by atoms with Crippen LogP contribution >= 0.6 is 12.6 Å². The Balaban J connectivity index is 2.36. The summed E-state index contributed by atoms with van der Waals surface area (Å²) in [6.07, 6.45) is 2.92. The molecule has 0 aliphatic heterocycles. The van der Waals surface area contributed by atoms with Gasteiger partial charge in [0.25, 0.3) is 0 Å². The van der Waals surface area contributed by atoms with Gasteiger partial charge in [-0.2, -0.15) is 17.7 Å². The molecular weight excluding hydrogens is 224 g/mol. The Morgan fingerprint density at radius 2 is 2.36 bits per heavy atom. The van der Waals surface area contributed by atoms with Crippen molar-refractivity contribution >= 4 is 22.7 Å². The maximum atomic E-state index is 11.2. The molecule has 1 unspecified atom stereocenters. The molecule has 14 heavy (non-hydrogen) atoms. The Hall–Kier alpha value is -0.600. The fraction of sp³-hybridized carbons (Fsp3) is 0.667. The number of rotatable bonds is 5. The number of hydrogen-bond acceptors (Lipinski definition) is 5. The maximum Gasteiger partial charge on any atom is 0.223 e. The van der Waals surface area contributed by atoms with Gasteiger partial charge in [0.05, 0.1) is 6.54 Å². The number of aromatic nitrogens is 3. The lowest BCUT2D eigenvalue weighted by atomic mass is 10.7. The van der Waals surface area contributed by atoms with Crippen LogP contribution in [0.2, 0.25) is 0 Å². The van der Waals surface area contributed by atoms with E-state index in [1.165, 1.54) is 19.6 Å². The van der Waals surface area contributed by atoms with Crippen molar-refractivity contribution in [2.75, 3.05) is 6.54 Å². The third-order valence-electron chi connectivity index (χ3n) is 1.56. The summed E-state index contributed by atoms with van der Waals surface area (Å²) in [5.41, 5.74) is 0. The van der Waals surface area contributed by atoms with Crippen LogP contribution in [0.5, 0.6) is 0 Å². The Morgan fingerprint density at radius 1 is 1.64 bits per heavy atom. The van der Waals surface area contributed by atoms with E-state index in [-0.39, 0.29) is 6.54 Å². The molecule has 6 nitrogen and oxygen atoms in total. The molecule has 0 aliphatic carbocycles. The number of nitrogens with one attached hydrogen (secondary N) is 1. The van der Waals surface area contributed by atoms with Crippen molar-refractivity contribution in [1.29, 1.82) is 0 Å². The van der Waals surface area contributed by atoms with Gasteiger partial charge in [0.1, 0.15) is 17.2 Å². The van der Waals surface area contributed by atoms with Gasteiger partial charge >= 0.3 is 0 Å². The zero-order valence-corrected chi connectivity index (χ0v) is 9.37. The summed E-state index contributed by atoms with van der Waals surface area (Å²) in [5.74, 6) is 0. The van der Waals surface area contributed by atoms with Crippen LogP contribution in [0.1, 0.15) is 6.92 Å². The van der Waals surface area contributed by atoms with E-state index in [0.29, 0.717) is 6.54 Å². The molecule has 80 valence electrons. The molecular formula is C6H12N4O2S2. The first-order valence-electron chi connectivity index (χ1n) is 4.01. The van der Waals surface area contributed by atoms with Crippen LogP contribution in [0.15, 0.2) is 12.7 Å². The van der Waals surface area contributed by atoms with Crippen molar-refractivity contribution in [1.82, 2.24) is 19.5 Å². The SMILES string of the molecule is CC(S)S(=O)(=O)NCCn1cncn1. The van der Waals surface area contributed by atoms with Gasteiger partial charge in [0.2, 0.25) is 10.0 Å². The van der Waals surface area contributed by atoms with Crippen molar-refractivity contribution in [3.63, 3.8) is 0 Å². The Labute approximate surface area is 88.2 Å². The molecule has 0 spiro atoms. The molecule has 1 atom stereocenters. The van der Waals surface area contributed by atoms with Crippen LogP contribution in [0.3, 0.4) is 0 Å². The van der Waals surface area contributed by atoms with E-state index in [1.54, 1.807) is 4.68 Å². The normalized spacial score (nSPS) is 14.1. The first kappa shape index (κ1) is 11.5. The van der Waals surface area contributed by atoms with Crippen molar-refractivity contribution < 1.29 is 8.42 Å². The lowest BCUT2D eigenvalue weighted by Crippen LogP contribution is -2.32. The summed E-state index contributed by atoms with van der Waals surface area (Å²) in [4.78, 5) is 3.73. The Kier molecular flexibility index (Phi) is 3.90. The van der Waals surface area contributed by atoms with E-state index < -0.39 is 14.6 Å². The smallest absolute Gasteiger partial charge is 0.223 e. The van der Waals surface area contributed by atoms with Gasteiger partial charge in [0.15, 0.2) is 0 Å². The zero-order chi connectivity index (χ0) is 10.6. The number of nitrogens with zero attached hydrogens (tertiary/aromatic N) is 3. The summed E-state index contributed by atoms with van der Waals surface area (Å²) in [6.45, 7) is 2.25. The van der Waals surface area contributed by atoms with Crippen molar-refractivity contribution in [2.24, 2.45) is 0 Å². The van der Waals surface area contributed by atoms with Crippen LogP contribution in [0.4, 0.5) is 0 Å². The predicted octanol–water partition coefficient (Wildman–Crippen LogP) is -0.527. The van der Waals surface area contributed by atoms with E-state index in [4.69, 9.17) is 0 Å². The zero-order valence-electron chi connectivity index (χ0n) is 7.66. The summed E-state index contributed by atoms with van der Waals surface area (Å²) in [6, 6.07) is 0. The second-order valence-electron chi connectivity index (χ2n) is 2.70. The van der Waals surface area contributed by atoms with Crippen LogP contribution in [0.25, 0.3) is 0 Å². The fourth-order valence-electron chi connectivity index (χ4n) is 0.771. The summed E-state index contributed by atoms with van der Waals surface area (Å²) < 4.78 is 25.7. The van der Waals surface area contributed by atoms with E-state index >= 15 is 0 Å². The monoisotopic (exact) mass is 236 g/mol. The molecule has 0 fully saturated rings. The molecule has 0 saturated heterocycles. The first-order valence-corrected chi connectivity index (χ1v) is 6.07. The van der Waals surface area contributed by atoms with Crippen molar-refractivity contribution in [3.8, 4) is 0 Å². The largest absolute Gasteiger partial charge is 0.252 e. The minimum Gasteiger partial charge on any atom is -0.252 e. The molecule has 0 aromatic carbocycles. The number of thiol groups is 1. The van der Waals surface area contributed by atoms with E-state index in [1.807, 2.05) is 0 Å². The fourth-order valence-corrected chi connectivity index (χ4v) is 1.61. The molecule has 1 N–H and O–H groups in total. The van der Waals surface area contributed by atoms with Crippen LogP contribution in [0, 0.1) is 0 Å². The molecule has 1 heterocycles. The quantitative estimate of drug-likeness (QED) is 0.674. The summed E-state index contributed by atoms with van der Waals surface area (Å²) in [7, 11) is -3.30. The molecule has 0 aliphatic rings. The highest BCUT2D eigenvalue weighted by Crippen LogP contribution is 2.00. The Bertz CT molecular complexity index is 359. The van der Waals surface area contributed by atoms with Crippen molar-refractivity contribution in [3.05, 3.63) is 12.7 Å². The number of hydrogen-bond donors (Lipinski definition) is 2. The molecule has 1 aromatic heterocycles. The minimum atomic E-state index is -3.30. The Morgan fingerprint density at radius 3 is 2.86 bits per heavy atom. The molecule has 1 rings (SSSR count). The predicted molar refractivity (Wildman–Crippen MR) is 55.4 cm³/mol. The van der Waals surface area contributed by atoms with E-state index in [2.05, 4.69) is 27.4 Å². The highest BCUT2D eigenvalue weighted by molar-refractivity contribution is 8.03.